The van der Waals surface area contributed by atoms with E-state index in [4.69, 9.17) is 0 Å². The second kappa shape index (κ2) is 4.10. The highest BCUT2D eigenvalue weighted by atomic mass is 15.2. The lowest BCUT2D eigenvalue weighted by Crippen LogP contribution is -2.42. The quantitative estimate of drug-likeness (QED) is 0.592. The predicted octanol–water partition coefficient (Wildman–Crippen LogP) is 2.52. The Morgan fingerprint density at radius 3 is 2.64 bits per heavy atom. The molecular formula is C10H21N. The summed E-state index contributed by atoms with van der Waals surface area (Å²) < 4.78 is 0. The molecule has 66 valence electrons. The number of piperidine rings is 1. The van der Waals surface area contributed by atoms with Crippen LogP contribution in [0.2, 0.25) is 0 Å². The van der Waals surface area contributed by atoms with Crippen LogP contribution in [-0.2, 0) is 0 Å². The fraction of sp³-hybridized carbons (Fsp3) is 1.00. The van der Waals surface area contributed by atoms with Crippen LogP contribution in [0.1, 0.15) is 40.0 Å². The zero-order chi connectivity index (χ0) is 8.27. The molecule has 1 nitrogen and oxygen atoms in total. The Balaban J connectivity index is 2.45. The molecule has 0 radical (unpaired) electrons. The smallest absolute Gasteiger partial charge is 0.00949 e. The van der Waals surface area contributed by atoms with Crippen molar-refractivity contribution in [2.45, 2.75) is 46.1 Å². The zero-order valence-electron chi connectivity index (χ0n) is 8.14. The number of likely N-dealkylation sites (tertiary alicyclic amines) is 1. The molecule has 0 aliphatic carbocycles. The van der Waals surface area contributed by atoms with Gasteiger partial charge in [-0.3, -0.25) is 0 Å². The maximum absolute atomic E-state index is 2.61. The largest absolute Gasteiger partial charge is 0.301 e. The lowest BCUT2D eigenvalue weighted by molar-refractivity contribution is 0.109. The fourth-order valence-corrected chi connectivity index (χ4v) is 2.29. The second-order valence-corrected chi connectivity index (χ2v) is 3.68. The van der Waals surface area contributed by atoms with Crippen molar-refractivity contribution >= 4 is 0 Å². The summed E-state index contributed by atoms with van der Waals surface area (Å²) in [5.41, 5.74) is 0. The highest BCUT2D eigenvalue weighted by Gasteiger charge is 2.24. The van der Waals surface area contributed by atoms with Crippen molar-refractivity contribution in [1.29, 1.82) is 0 Å². The molecule has 0 N–H and O–H groups in total. The second-order valence-electron chi connectivity index (χ2n) is 3.68. The molecule has 11 heavy (non-hydrogen) atoms. The van der Waals surface area contributed by atoms with Gasteiger partial charge in [0.15, 0.2) is 0 Å². The summed E-state index contributed by atoms with van der Waals surface area (Å²) in [5.74, 6) is 0.962. The molecule has 0 aromatic rings. The first-order valence-electron chi connectivity index (χ1n) is 5.03. The molecular weight excluding hydrogens is 134 g/mol. The third-order valence-electron chi connectivity index (χ3n) is 3.21. The molecule has 1 aliphatic heterocycles. The van der Waals surface area contributed by atoms with Gasteiger partial charge >= 0.3 is 0 Å². The molecule has 0 aromatic heterocycles. The van der Waals surface area contributed by atoms with E-state index < -0.39 is 0 Å². The van der Waals surface area contributed by atoms with Crippen molar-refractivity contribution in [2.24, 2.45) is 5.92 Å². The lowest BCUT2D eigenvalue weighted by Gasteiger charge is -2.38. The first-order valence-corrected chi connectivity index (χ1v) is 5.03. The summed E-state index contributed by atoms with van der Waals surface area (Å²) in [4.78, 5) is 2.61. The Kier molecular flexibility index (Phi) is 3.38. The van der Waals surface area contributed by atoms with Crippen LogP contribution in [0.5, 0.6) is 0 Å². The summed E-state index contributed by atoms with van der Waals surface area (Å²) in [6.07, 6.45) is 4.22. The van der Waals surface area contributed by atoms with Crippen molar-refractivity contribution in [2.75, 3.05) is 13.1 Å². The van der Waals surface area contributed by atoms with E-state index in [0.29, 0.717) is 0 Å². The van der Waals surface area contributed by atoms with Crippen molar-refractivity contribution in [3.05, 3.63) is 0 Å². The van der Waals surface area contributed by atoms with Crippen LogP contribution in [0.3, 0.4) is 0 Å². The minimum Gasteiger partial charge on any atom is -0.301 e. The van der Waals surface area contributed by atoms with Crippen molar-refractivity contribution in [1.82, 2.24) is 4.90 Å². The molecule has 1 fully saturated rings. The van der Waals surface area contributed by atoms with Gasteiger partial charge in [0.1, 0.15) is 0 Å². The molecule has 1 heterocycles. The molecule has 1 aliphatic rings. The van der Waals surface area contributed by atoms with Gasteiger partial charge in [-0.2, -0.15) is 0 Å². The van der Waals surface area contributed by atoms with Gasteiger partial charge < -0.3 is 4.90 Å². The van der Waals surface area contributed by atoms with Gasteiger partial charge in [0.2, 0.25) is 0 Å². The van der Waals surface area contributed by atoms with E-state index in [-0.39, 0.29) is 0 Å². The maximum atomic E-state index is 2.61. The Morgan fingerprint density at radius 1 is 1.36 bits per heavy atom. The maximum Gasteiger partial charge on any atom is 0.00949 e. The number of nitrogens with zero attached hydrogens (tertiary/aromatic N) is 1. The van der Waals surface area contributed by atoms with E-state index in [1.165, 1.54) is 32.4 Å². The Hall–Kier alpha value is -0.0400. The van der Waals surface area contributed by atoms with Gasteiger partial charge in [0, 0.05) is 6.04 Å². The molecule has 0 saturated carbocycles. The van der Waals surface area contributed by atoms with Gasteiger partial charge in [0.25, 0.3) is 0 Å². The minimum atomic E-state index is 0.832. The average molecular weight is 155 g/mol. The first kappa shape index (κ1) is 9.05. The zero-order valence-corrected chi connectivity index (χ0v) is 8.14. The standard InChI is InChI=1S/C10H21N/c1-4-10-7-6-8-11(5-2)9(10)3/h9-10H,4-8H2,1-3H3. The van der Waals surface area contributed by atoms with Gasteiger partial charge in [-0.1, -0.05) is 20.3 Å². The average Bonchev–Trinajstić information content (AvgIpc) is 2.05. The third-order valence-corrected chi connectivity index (χ3v) is 3.21. The number of hydrogen-bond acceptors (Lipinski definition) is 1. The number of rotatable bonds is 2. The Morgan fingerprint density at radius 2 is 2.09 bits per heavy atom. The molecule has 0 amide bonds. The monoisotopic (exact) mass is 155 g/mol. The molecule has 1 saturated heterocycles. The summed E-state index contributed by atoms with van der Waals surface area (Å²) in [5, 5.41) is 0. The van der Waals surface area contributed by atoms with E-state index in [9.17, 15) is 0 Å². The highest BCUT2D eigenvalue weighted by Crippen LogP contribution is 2.25. The van der Waals surface area contributed by atoms with Crippen molar-refractivity contribution in [3.8, 4) is 0 Å². The van der Waals surface area contributed by atoms with E-state index in [1.54, 1.807) is 0 Å². The Bertz CT molecular complexity index is 99.4. The summed E-state index contributed by atoms with van der Waals surface area (Å²) in [6.45, 7) is 9.54. The normalized spacial score (nSPS) is 34.1. The molecule has 0 spiro atoms. The lowest BCUT2D eigenvalue weighted by atomic mass is 9.88. The molecule has 1 heteroatoms. The van der Waals surface area contributed by atoms with Gasteiger partial charge in [-0.05, 0) is 38.8 Å². The predicted molar refractivity (Wildman–Crippen MR) is 49.7 cm³/mol. The van der Waals surface area contributed by atoms with Crippen LogP contribution in [0, 0.1) is 5.92 Å². The first-order chi connectivity index (χ1) is 5.29. The van der Waals surface area contributed by atoms with Gasteiger partial charge in [-0.25, -0.2) is 0 Å². The third kappa shape index (κ3) is 1.96. The van der Waals surface area contributed by atoms with E-state index in [0.717, 1.165) is 12.0 Å². The van der Waals surface area contributed by atoms with E-state index in [1.807, 2.05) is 0 Å². The SMILES string of the molecule is CCC1CCCN(CC)C1C. The van der Waals surface area contributed by atoms with Crippen LogP contribution in [-0.4, -0.2) is 24.0 Å². The van der Waals surface area contributed by atoms with Crippen LogP contribution in [0.4, 0.5) is 0 Å². The molecule has 2 atom stereocenters. The van der Waals surface area contributed by atoms with Crippen LogP contribution < -0.4 is 0 Å². The molecule has 0 aromatic carbocycles. The highest BCUT2D eigenvalue weighted by molar-refractivity contribution is 4.79. The number of hydrogen-bond donors (Lipinski definition) is 0. The fourth-order valence-electron chi connectivity index (χ4n) is 2.29. The van der Waals surface area contributed by atoms with Crippen LogP contribution in [0.25, 0.3) is 0 Å². The summed E-state index contributed by atoms with van der Waals surface area (Å²) in [7, 11) is 0. The van der Waals surface area contributed by atoms with E-state index >= 15 is 0 Å². The van der Waals surface area contributed by atoms with Crippen LogP contribution in [0.15, 0.2) is 0 Å². The van der Waals surface area contributed by atoms with Gasteiger partial charge in [0.05, 0.1) is 0 Å². The van der Waals surface area contributed by atoms with Crippen molar-refractivity contribution < 1.29 is 0 Å². The summed E-state index contributed by atoms with van der Waals surface area (Å²) >= 11 is 0. The topological polar surface area (TPSA) is 3.24 Å². The molecule has 2 unspecified atom stereocenters. The summed E-state index contributed by atoms with van der Waals surface area (Å²) in [6, 6.07) is 0.832. The minimum absolute atomic E-state index is 0.832. The van der Waals surface area contributed by atoms with Gasteiger partial charge in [-0.15, -0.1) is 0 Å². The van der Waals surface area contributed by atoms with Crippen LogP contribution >= 0.6 is 0 Å². The molecule has 0 bridgehead atoms. The van der Waals surface area contributed by atoms with Crippen molar-refractivity contribution in [3.63, 3.8) is 0 Å². The Labute approximate surface area is 70.8 Å². The molecule has 1 rings (SSSR count). The van der Waals surface area contributed by atoms with E-state index in [2.05, 4.69) is 25.7 Å².